The van der Waals surface area contributed by atoms with Crippen molar-refractivity contribution in [1.29, 1.82) is 0 Å². The minimum Gasteiger partial charge on any atom is -0.459 e. The number of hydrogen-bond acceptors (Lipinski definition) is 5. The van der Waals surface area contributed by atoms with Crippen LogP contribution in [0.25, 0.3) is 0 Å². The Morgan fingerprint density at radius 2 is 2.04 bits per heavy atom. The zero-order valence-electron chi connectivity index (χ0n) is 14.6. The second-order valence-corrected chi connectivity index (χ2v) is 7.20. The average Bonchev–Trinajstić information content (AvgIpc) is 3.33. The molecule has 8 heteroatoms. The van der Waals surface area contributed by atoms with Gasteiger partial charge in [-0.2, -0.15) is 0 Å². The monoisotopic (exact) mass is 372 g/mol. The maximum absolute atomic E-state index is 14.6. The SMILES string of the molecule is CC1(c2cc(NC(=O)c3ccc(F)cn3)ccc2F)CC2(CC2)OC(N)=N1. The Morgan fingerprint density at radius 3 is 2.70 bits per heavy atom. The summed E-state index contributed by atoms with van der Waals surface area (Å²) < 4.78 is 33.1. The van der Waals surface area contributed by atoms with Gasteiger partial charge in [-0.1, -0.05) is 0 Å². The summed E-state index contributed by atoms with van der Waals surface area (Å²) in [6, 6.07) is 6.72. The molecule has 0 saturated heterocycles. The van der Waals surface area contributed by atoms with E-state index in [2.05, 4.69) is 15.3 Å². The number of anilines is 1. The zero-order chi connectivity index (χ0) is 19.2. The Morgan fingerprint density at radius 1 is 1.26 bits per heavy atom. The molecule has 1 aromatic heterocycles. The fourth-order valence-corrected chi connectivity index (χ4v) is 3.49. The number of halogens is 2. The van der Waals surface area contributed by atoms with E-state index in [9.17, 15) is 13.6 Å². The molecule has 1 aliphatic carbocycles. The van der Waals surface area contributed by atoms with Gasteiger partial charge in [-0.3, -0.25) is 4.79 Å². The Balaban J connectivity index is 1.63. The van der Waals surface area contributed by atoms with Crippen LogP contribution >= 0.6 is 0 Å². The first-order valence-corrected chi connectivity index (χ1v) is 8.56. The van der Waals surface area contributed by atoms with Crippen molar-refractivity contribution in [3.8, 4) is 0 Å². The highest BCUT2D eigenvalue weighted by atomic mass is 19.1. The van der Waals surface area contributed by atoms with Crippen LogP contribution in [0.2, 0.25) is 0 Å². The van der Waals surface area contributed by atoms with Crippen LogP contribution in [0.4, 0.5) is 14.5 Å². The van der Waals surface area contributed by atoms with E-state index in [0.717, 1.165) is 25.1 Å². The van der Waals surface area contributed by atoms with Crippen LogP contribution in [-0.2, 0) is 10.3 Å². The van der Waals surface area contributed by atoms with Crippen molar-refractivity contribution in [1.82, 2.24) is 4.98 Å². The molecule has 1 aromatic carbocycles. The van der Waals surface area contributed by atoms with Gasteiger partial charge in [-0.05, 0) is 50.1 Å². The highest BCUT2D eigenvalue weighted by Gasteiger charge is 2.54. The van der Waals surface area contributed by atoms with Crippen LogP contribution in [-0.4, -0.2) is 22.5 Å². The second kappa shape index (κ2) is 6.00. The molecule has 140 valence electrons. The fourth-order valence-electron chi connectivity index (χ4n) is 3.49. The molecule has 4 rings (SSSR count). The van der Waals surface area contributed by atoms with E-state index in [-0.39, 0.29) is 17.3 Å². The number of hydrogen-bond donors (Lipinski definition) is 2. The third-order valence-electron chi connectivity index (χ3n) is 4.92. The Hall–Kier alpha value is -3.03. The predicted molar refractivity (Wildman–Crippen MR) is 95.2 cm³/mol. The summed E-state index contributed by atoms with van der Waals surface area (Å²) >= 11 is 0. The van der Waals surface area contributed by atoms with Gasteiger partial charge in [-0.25, -0.2) is 18.8 Å². The third kappa shape index (κ3) is 3.34. The highest BCUT2D eigenvalue weighted by molar-refractivity contribution is 6.02. The molecule has 1 saturated carbocycles. The Bertz CT molecular complexity index is 941. The number of rotatable bonds is 3. The van der Waals surface area contributed by atoms with E-state index < -0.39 is 23.1 Å². The number of amidine groups is 1. The predicted octanol–water partition coefficient (Wildman–Crippen LogP) is 3.09. The quantitative estimate of drug-likeness (QED) is 0.866. The highest BCUT2D eigenvalue weighted by Crippen LogP contribution is 2.52. The molecule has 1 unspecified atom stereocenters. The number of carbonyl (C=O) groups is 1. The van der Waals surface area contributed by atoms with E-state index in [0.29, 0.717) is 17.7 Å². The van der Waals surface area contributed by atoms with Gasteiger partial charge in [0.25, 0.3) is 11.9 Å². The second-order valence-electron chi connectivity index (χ2n) is 7.20. The van der Waals surface area contributed by atoms with E-state index in [4.69, 9.17) is 10.5 Å². The van der Waals surface area contributed by atoms with Crippen molar-refractivity contribution in [2.24, 2.45) is 10.7 Å². The maximum Gasteiger partial charge on any atom is 0.283 e. The molecule has 6 nitrogen and oxygen atoms in total. The maximum atomic E-state index is 14.6. The molecule has 1 fully saturated rings. The standard InChI is InChI=1S/C19H18F2N4O2/c1-18(10-19(6-7-19)27-17(22)25-18)13-8-12(3-4-14(13)21)24-16(26)15-5-2-11(20)9-23-15/h2-5,8-9H,6-7,10H2,1H3,(H2,22,25)(H,24,26). The lowest BCUT2D eigenvalue weighted by Crippen LogP contribution is -2.40. The summed E-state index contributed by atoms with van der Waals surface area (Å²) in [5, 5.41) is 2.65. The lowest BCUT2D eigenvalue weighted by Gasteiger charge is -2.35. The first kappa shape index (κ1) is 17.4. The number of ether oxygens (including phenoxy) is 1. The Kier molecular flexibility index (Phi) is 3.87. The molecule has 3 N–H and O–H groups in total. The van der Waals surface area contributed by atoms with Gasteiger partial charge in [-0.15, -0.1) is 0 Å². The number of nitrogens with two attached hydrogens (primary N) is 1. The van der Waals surface area contributed by atoms with Crippen molar-refractivity contribution < 1.29 is 18.3 Å². The first-order valence-electron chi connectivity index (χ1n) is 8.56. The first-order chi connectivity index (χ1) is 12.8. The molecule has 27 heavy (non-hydrogen) atoms. The molecule has 2 aromatic rings. The van der Waals surface area contributed by atoms with E-state index in [1.54, 1.807) is 6.92 Å². The molecular weight excluding hydrogens is 354 g/mol. The van der Waals surface area contributed by atoms with Gasteiger partial charge < -0.3 is 15.8 Å². The minimum absolute atomic E-state index is 0.0469. The summed E-state index contributed by atoms with van der Waals surface area (Å²) in [5.41, 5.74) is 5.32. The smallest absolute Gasteiger partial charge is 0.283 e. The van der Waals surface area contributed by atoms with Crippen LogP contribution in [0.15, 0.2) is 41.5 Å². The zero-order valence-corrected chi connectivity index (χ0v) is 14.6. The van der Waals surface area contributed by atoms with Crippen LogP contribution in [0.5, 0.6) is 0 Å². The topological polar surface area (TPSA) is 89.6 Å². The van der Waals surface area contributed by atoms with Crippen LogP contribution in [0, 0.1) is 11.6 Å². The van der Waals surface area contributed by atoms with Gasteiger partial charge in [0.15, 0.2) is 0 Å². The normalized spacial score (nSPS) is 22.7. The van der Waals surface area contributed by atoms with Crippen molar-refractivity contribution in [3.05, 3.63) is 59.4 Å². The summed E-state index contributed by atoms with van der Waals surface area (Å²) in [6.07, 6.45) is 3.18. The molecule has 0 radical (unpaired) electrons. The number of pyridine rings is 1. The number of nitrogens with zero attached hydrogens (tertiary/aromatic N) is 2. The summed E-state index contributed by atoms with van der Waals surface area (Å²) in [5.74, 6) is -1.50. The molecule has 1 spiro atoms. The van der Waals surface area contributed by atoms with Crippen LogP contribution < -0.4 is 11.1 Å². The van der Waals surface area contributed by atoms with Gasteiger partial charge in [0.2, 0.25) is 0 Å². The van der Waals surface area contributed by atoms with Gasteiger partial charge in [0.1, 0.15) is 22.9 Å². The molecule has 1 amide bonds. The average molecular weight is 372 g/mol. The number of amides is 1. The minimum atomic E-state index is -0.891. The van der Waals surface area contributed by atoms with Crippen molar-refractivity contribution in [2.75, 3.05) is 5.32 Å². The number of benzene rings is 1. The van der Waals surface area contributed by atoms with Gasteiger partial charge in [0, 0.05) is 17.7 Å². The van der Waals surface area contributed by atoms with Gasteiger partial charge >= 0.3 is 0 Å². The molecular formula is C19H18F2N4O2. The number of aromatic nitrogens is 1. The molecule has 1 aliphatic heterocycles. The largest absolute Gasteiger partial charge is 0.459 e. The number of nitrogens with one attached hydrogen (secondary N) is 1. The number of aliphatic imine (C=N–C) groups is 1. The lowest BCUT2D eigenvalue weighted by atomic mass is 9.84. The molecule has 2 heterocycles. The van der Waals surface area contributed by atoms with E-state index >= 15 is 0 Å². The van der Waals surface area contributed by atoms with Gasteiger partial charge in [0.05, 0.1) is 11.7 Å². The number of carbonyl (C=O) groups excluding carboxylic acids is 1. The van der Waals surface area contributed by atoms with Crippen molar-refractivity contribution in [3.63, 3.8) is 0 Å². The fraction of sp³-hybridized carbons (Fsp3) is 0.316. The Labute approximate surface area is 154 Å². The van der Waals surface area contributed by atoms with Crippen LogP contribution in [0.3, 0.4) is 0 Å². The summed E-state index contributed by atoms with van der Waals surface area (Å²) in [6.45, 7) is 1.80. The van der Waals surface area contributed by atoms with Crippen molar-refractivity contribution >= 4 is 17.6 Å². The van der Waals surface area contributed by atoms with Crippen molar-refractivity contribution in [2.45, 2.75) is 37.3 Å². The third-order valence-corrected chi connectivity index (χ3v) is 4.92. The summed E-state index contributed by atoms with van der Waals surface area (Å²) in [7, 11) is 0. The molecule has 0 bridgehead atoms. The van der Waals surface area contributed by atoms with E-state index in [1.807, 2.05) is 0 Å². The molecule has 2 aliphatic rings. The molecule has 1 atom stereocenters. The lowest BCUT2D eigenvalue weighted by molar-refractivity contribution is 0.0960. The van der Waals surface area contributed by atoms with E-state index in [1.165, 1.54) is 24.3 Å². The summed E-state index contributed by atoms with van der Waals surface area (Å²) in [4.78, 5) is 20.4. The van der Waals surface area contributed by atoms with Crippen LogP contribution in [0.1, 0.15) is 42.2 Å².